The van der Waals surface area contributed by atoms with Gasteiger partial charge in [-0.25, -0.2) is 0 Å². The highest BCUT2D eigenvalue weighted by Gasteiger charge is 2.34. The van der Waals surface area contributed by atoms with Crippen molar-refractivity contribution in [3.63, 3.8) is 0 Å². The van der Waals surface area contributed by atoms with Crippen molar-refractivity contribution < 1.29 is 4.48 Å². The van der Waals surface area contributed by atoms with Crippen molar-refractivity contribution in [1.82, 2.24) is 0 Å². The number of benzene rings is 3. The van der Waals surface area contributed by atoms with E-state index in [0.29, 0.717) is 7.85 Å². The van der Waals surface area contributed by atoms with Crippen molar-refractivity contribution >= 4 is 7.85 Å². The Labute approximate surface area is 173 Å². The second-order valence-corrected chi connectivity index (χ2v) is 8.29. The summed E-state index contributed by atoms with van der Waals surface area (Å²) in [7, 11) is 8.97. The van der Waals surface area contributed by atoms with Gasteiger partial charge in [0.15, 0.2) is 0 Å². The summed E-state index contributed by atoms with van der Waals surface area (Å²) in [6, 6.07) is 33.1. The van der Waals surface area contributed by atoms with Crippen LogP contribution in [0.3, 0.4) is 0 Å². The number of quaternary nitrogens is 1. The summed E-state index contributed by atoms with van der Waals surface area (Å²) in [6.45, 7) is 0. The molecule has 148 valence electrons. The summed E-state index contributed by atoms with van der Waals surface area (Å²) in [5.41, 5.74) is 4.19. The van der Waals surface area contributed by atoms with Crippen LogP contribution in [0.15, 0.2) is 91.0 Å². The van der Waals surface area contributed by atoms with Crippen molar-refractivity contribution in [2.75, 3.05) is 28.2 Å². The minimum atomic E-state index is -0.0297. The van der Waals surface area contributed by atoms with Gasteiger partial charge >= 0.3 is 0 Å². The van der Waals surface area contributed by atoms with Crippen molar-refractivity contribution in [3.05, 3.63) is 108 Å². The molecule has 3 aromatic carbocycles. The fraction of sp³-hybridized carbons (Fsp3) is 0.308. The molecule has 0 saturated heterocycles. The normalized spacial score (nSPS) is 11.5. The summed E-state index contributed by atoms with van der Waals surface area (Å²) < 4.78 is 1.00. The predicted octanol–water partition coefficient (Wildman–Crippen LogP) is 4.91. The van der Waals surface area contributed by atoms with Gasteiger partial charge in [-0.15, -0.1) is 0 Å². The largest absolute Gasteiger partial charge is 0.333 e. The average Bonchev–Trinajstić information content (AvgIpc) is 2.70. The van der Waals surface area contributed by atoms with E-state index < -0.39 is 0 Å². The smallest absolute Gasteiger partial charge is 0.0675 e. The number of nitrogens with zero attached hydrogens (tertiary/aromatic N) is 1. The van der Waals surface area contributed by atoms with Gasteiger partial charge in [0, 0.05) is 5.41 Å². The van der Waals surface area contributed by atoms with E-state index in [1.165, 1.54) is 35.9 Å². The Balaban J connectivity index is 0.000000500. The lowest BCUT2D eigenvalue weighted by atomic mass is 9.66. The highest BCUT2D eigenvalue weighted by molar-refractivity contribution is 6.08. The Morgan fingerprint density at radius 1 is 0.607 bits per heavy atom. The first kappa shape index (κ1) is 22.0. The third kappa shape index (κ3) is 6.10. The lowest BCUT2D eigenvalue weighted by molar-refractivity contribution is -0.849. The van der Waals surface area contributed by atoms with E-state index in [4.69, 9.17) is 0 Å². The number of hydrogen-bond donors (Lipinski definition) is 0. The maximum absolute atomic E-state index is 2.29. The third-order valence-electron chi connectivity index (χ3n) is 4.35. The minimum Gasteiger partial charge on any atom is -0.333 e. The highest BCUT2D eigenvalue weighted by Crippen LogP contribution is 2.43. The molecule has 1 nitrogen and oxygen atoms in total. The highest BCUT2D eigenvalue weighted by atomic mass is 15.2. The monoisotopic (exact) mass is 373 g/mol. The van der Waals surface area contributed by atoms with Gasteiger partial charge in [0.05, 0.1) is 28.2 Å². The molecule has 0 aliphatic heterocycles. The predicted molar refractivity (Wildman–Crippen MR) is 127 cm³/mol. The molecule has 0 spiro atoms. The molecule has 28 heavy (non-hydrogen) atoms. The molecular formula is C26H36BN. The van der Waals surface area contributed by atoms with E-state index in [9.17, 15) is 0 Å². The zero-order valence-electron chi connectivity index (χ0n) is 17.2. The van der Waals surface area contributed by atoms with Crippen molar-refractivity contribution in [2.45, 2.75) is 24.6 Å². The molecular weight excluding hydrogens is 337 g/mol. The van der Waals surface area contributed by atoms with Gasteiger partial charge in [-0.2, -0.15) is 6.32 Å². The van der Waals surface area contributed by atoms with E-state index in [0.717, 1.165) is 4.48 Å². The van der Waals surface area contributed by atoms with E-state index in [2.05, 4.69) is 119 Å². The quantitative estimate of drug-likeness (QED) is 0.327. The molecule has 3 rings (SSSR count). The average molecular weight is 373 g/mol. The van der Waals surface area contributed by atoms with Gasteiger partial charge in [-0.3, -0.25) is 0 Å². The van der Waals surface area contributed by atoms with Crippen LogP contribution in [0, 0.1) is 0 Å². The Morgan fingerprint density at radius 2 is 0.893 bits per heavy atom. The third-order valence-corrected chi connectivity index (χ3v) is 4.35. The second kappa shape index (κ2) is 10.3. The van der Waals surface area contributed by atoms with Gasteiger partial charge in [0.2, 0.25) is 0 Å². The SMILES string of the molecule is C[N+](C)(C)C.[BH3-]CCCC(c1ccccc1)(c1ccccc1)c1ccccc1. The second-order valence-electron chi connectivity index (χ2n) is 8.29. The molecule has 0 saturated carbocycles. The van der Waals surface area contributed by atoms with E-state index in [1.54, 1.807) is 0 Å². The van der Waals surface area contributed by atoms with Crippen LogP contribution in [0.2, 0.25) is 6.32 Å². The number of rotatable bonds is 6. The van der Waals surface area contributed by atoms with Crippen LogP contribution in [0.1, 0.15) is 29.5 Å². The lowest BCUT2D eigenvalue weighted by Crippen LogP contribution is -2.29. The van der Waals surface area contributed by atoms with Crippen LogP contribution in [0.5, 0.6) is 0 Å². The first-order valence-corrected chi connectivity index (χ1v) is 9.62. The molecule has 0 aliphatic rings. The van der Waals surface area contributed by atoms with Crippen LogP contribution in [0.4, 0.5) is 0 Å². The summed E-state index contributed by atoms with van der Waals surface area (Å²) in [5, 5.41) is 0. The minimum absolute atomic E-state index is 0.0297. The van der Waals surface area contributed by atoms with Gasteiger partial charge in [-0.1, -0.05) is 97.4 Å². The summed E-state index contributed by atoms with van der Waals surface area (Å²) in [6.07, 6.45) is 3.96. The maximum Gasteiger partial charge on any atom is 0.0675 e. The fourth-order valence-corrected chi connectivity index (χ4v) is 3.37. The van der Waals surface area contributed by atoms with Crippen molar-refractivity contribution in [2.24, 2.45) is 0 Å². The molecule has 0 aromatic heterocycles. The maximum atomic E-state index is 2.29. The van der Waals surface area contributed by atoms with Crippen LogP contribution in [0.25, 0.3) is 0 Å². The molecule has 3 aromatic rings. The molecule has 2 heteroatoms. The number of hydrogen-bond acceptors (Lipinski definition) is 0. The van der Waals surface area contributed by atoms with Crippen molar-refractivity contribution in [3.8, 4) is 0 Å². The van der Waals surface area contributed by atoms with Crippen LogP contribution in [-0.4, -0.2) is 40.5 Å². The van der Waals surface area contributed by atoms with E-state index in [1.807, 2.05) is 0 Å². The Hall–Kier alpha value is -2.32. The molecule has 0 aliphatic carbocycles. The van der Waals surface area contributed by atoms with Gasteiger partial charge in [0.1, 0.15) is 0 Å². The molecule has 0 N–H and O–H groups in total. The van der Waals surface area contributed by atoms with Crippen LogP contribution in [-0.2, 0) is 5.41 Å². The first-order chi connectivity index (χ1) is 13.4. The van der Waals surface area contributed by atoms with Crippen LogP contribution >= 0.6 is 0 Å². The lowest BCUT2D eigenvalue weighted by Gasteiger charge is -2.36. The van der Waals surface area contributed by atoms with Gasteiger partial charge in [-0.05, 0) is 31.0 Å². The van der Waals surface area contributed by atoms with Crippen molar-refractivity contribution in [1.29, 1.82) is 0 Å². The Kier molecular flexibility index (Phi) is 8.08. The standard InChI is InChI=1S/C22H24B.C4H12N/c23-18-10-17-22(19-11-4-1-5-12-19,20-13-6-2-7-14-20)21-15-8-3-9-16-21;1-5(2,3)4/h1-9,11-16H,10,17-18H2,23H3;1-4H3/q-1;+1. The van der Waals surface area contributed by atoms with E-state index in [-0.39, 0.29) is 5.41 Å². The molecule has 0 unspecified atom stereocenters. The molecule has 0 amide bonds. The van der Waals surface area contributed by atoms with E-state index >= 15 is 0 Å². The zero-order valence-corrected chi connectivity index (χ0v) is 17.2. The summed E-state index contributed by atoms with van der Waals surface area (Å²) in [4.78, 5) is 0. The molecule has 0 fully saturated rings. The van der Waals surface area contributed by atoms with Crippen LogP contribution < -0.4 is 0 Å². The molecule has 0 bridgehead atoms. The van der Waals surface area contributed by atoms with Gasteiger partial charge in [0.25, 0.3) is 0 Å². The summed E-state index contributed by atoms with van der Waals surface area (Å²) >= 11 is 0. The Bertz CT molecular complexity index is 689. The first-order valence-electron chi connectivity index (χ1n) is 9.62. The topological polar surface area (TPSA) is 0 Å². The zero-order chi connectivity index (χ0) is 20.5. The molecule has 0 radical (unpaired) electrons. The Morgan fingerprint density at radius 3 is 1.14 bits per heavy atom. The molecule has 0 atom stereocenters. The fourth-order valence-electron chi connectivity index (χ4n) is 3.37. The van der Waals surface area contributed by atoms with Gasteiger partial charge < -0.3 is 4.48 Å². The summed E-state index contributed by atoms with van der Waals surface area (Å²) in [5.74, 6) is 0. The molecule has 0 heterocycles.